The van der Waals surface area contributed by atoms with E-state index in [2.05, 4.69) is 31.0 Å². The Hall–Kier alpha value is -1.94. The molecule has 4 rings (SSSR count). The molecule has 1 N–H and O–H groups in total. The maximum Gasteiger partial charge on any atom is 0.229 e. The molecule has 1 atom stereocenters. The molecule has 2 aromatic rings. The van der Waals surface area contributed by atoms with Gasteiger partial charge in [-0.15, -0.1) is 15.3 Å². The fourth-order valence-electron chi connectivity index (χ4n) is 3.53. The summed E-state index contributed by atoms with van der Waals surface area (Å²) in [6.07, 6.45) is 7.51. The highest BCUT2D eigenvalue weighted by molar-refractivity contribution is 7.15. The predicted molar refractivity (Wildman–Crippen MR) is 89.7 cm³/mol. The maximum absolute atomic E-state index is 12.5. The van der Waals surface area contributed by atoms with E-state index in [-0.39, 0.29) is 17.9 Å². The lowest BCUT2D eigenvalue weighted by Crippen LogP contribution is -2.28. The van der Waals surface area contributed by atoms with Crippen molar-refractivity contribution in [2.45, 2.75) is 51.2 Å². The van der Waals surface area contributed by atoms with Crippen molar-refractivity contribution >= 4 is 22.4 Å². The van der Waals surface area contributed by atoms with Crippen LogP contribution in [-0.4, -0.2) is 42.9 Å². The van der Waals surface area contributed by atoms with E-state index >= 15 is 0 Å². The van der Waals surface area contributed by atoms with Crippen LogP contribution in [0.2, 0.25) is 0 Å². The van der Waals surface area contributed by atoms with E-state index in [1.165, 1.54) is 11.3 Å². The van der Waals surface area contributed by atoms with Crippen LogP contribution >= 0.6 is 11.3 Å². The van der Waals surface area contributed by atoms with Gasteiger partial charge in [0.05, 0.1) is 0 Å². The van der Waals surface area contributed by atoms with Gasteiger partial charge < -0.3 is 10.1 Å². The van der Waals surface area contributed by atoms with Gasteiger partial charge in [-0.3, -0.25) is 4.79 Å². The van der Waals surface area contributed by atoms with Gasteiger partial charge in [0.1, 0.15) is 17.4 Å². The lowest BCUT2D eigenvalue weighted by atomic mass is 9.81. The average Bonchev–Trinajstić information content (AvgIpc) is 3.38. The van der Waals surface area contributed by atoms with E-state index < -0.39 is 0 Å². The Balaban J connectivity index is 1.26. The molecule has 0 aromatic carbocycles. The normalized spacial score (nSPS) is 26.6. The van der Waals surface area contributed by atoms with Gasteiger partial charge in [-0.1, -0.05) is 11.3 Å². The number of nitrogens with one attached hydrogen (secondary N) is 1. The average molecular weight is 363 g/mol. The summed E-state index contributed by atoms with van der Waals surface area (Å²) in [7, 11) is 0. The summed E-state index contributed by atoms with van der Waals surface area (Å²) >= 11 is 1.42. The molecule has 0 radical (unpaired) electrons. The highest BCUT2D eigenvalue weighted by atomic mass is 32.1. The minimum Gasteiger partial charge on any atom is -0.371 e. The van der Waals surface area contributed by atoms with Gasteiger partial charge in [-0.2, -0.15) is 0 Å². The molecule has 0 spiro atoms. The molecule has 2 fully saturated rings. The molecule has 1 unspecified atom stereocenters. The third-order valence-electron chi connectivity index (χ3n) is 4.93. The van der Waals surface area contributed by atoms with Crippen molar-refractivity contribution in [3.63, 3.8) is 0 Å². The molecule has 1 saturated carbocycles. The van der Waals surface area contributed by atoms with Crippen LogP contribution in [0.3, 0.4) is 0 Å². The van der Waals surface area contributed by atoms with Gasteiger partial charge in [0, 0.05) is 19.1 Å². The first kappa shape index (κ1) is 16.5. The zero-order valence-electron chi connectivity index (χ0n) is 13.9. The Morgan fingerprint density at radius 2 is 2.16 bits per heavy atom. The minimum atomic E-state index is 0.0419. The van der Waals surface area contributed by atoms with Crippen molar-refractivity contribution < 1.29 is 9.53 Å². The number of carbonyl (C=O) groups excluding carboxylic acids is 1. The predicted octanol–water partition coefficient (Wildman–Crippen LogP) is 1.82. The molecular weight excluding hydrogens is 342 g/mol. The van der Waals surface area contributed by atoms with Crippen molar-refractivity contribution in [1.29, 1.82) is 0 Å². The molecule has 134 valence electrons. The second-order valence-electron chi connectivity index (χ2n) is 6.69. The van der Waals surface area contributed by atoms with Crippen LogP contribution < -0.4 is 5.32 Å². The van der Waals surface area contributed by atoms with Crippen LogP contribution in [0.5, 0.6) is 0 Å². The van der Waals surface area contributed by atoms with E-state index in [9.17, 15) is 4.79 Å². The highest BCUT2D eigenvalue weighted by Gasteiger charge is 2.28. The summed E-state index contributed by atoms with van der Waals surface area (Å²) in [6, 6.07) is 0. The number of carbonyl (C=O) groups is 1. The smallest absolute Gasteiger partial charge is 0.229 e. The molecule has 0 bridgehead atoms. The van der Waals surface area contributed by atoms with Crippen LogP contribution in [0.25, 0.3) is 0 Å². The number of aromatic nitrogens is 6. The van der Waals surface area contributed by atoms with Gasteiger partial charge in [0.25, 0.3) is 0 Å². The lowest BCUT2D eigenvalue weighted by Gasteiger charge is -2.27. The Morgan fingerprint density at radius 3 is 2.88 bits per heavy atom. The van der Waals surface area contributed by atoms with Gasteiger partial charge in [0.15, 0.2) is 0 Å². The largest absolute Gasteiger partial charge is 0.371 e. The molecule has 2 aliphatic rings. The van der Waals surface area contributed by atoms with Gasteiger partial charge in [0.2, 0.25) is 11.0 Å². The quantitative estimate of drug-likeness (QED) is 0.863. The number of rotatable bonds is 5. The molecular formula is C15H21N7O2S. The first-order chi connectivity index (χ1) is 12.3. The van der Waals surface area contributed by atoms with Gasteiger partial charge in [-0.25, -0.2) is 4.68 Å². The summed E-state index contributed by atoms with van der Waals surface area (Å²) in [5, 5.41) is 23.8. The highest BCUT2D eigenvalue weighted by Crippen LogP contribution is 2.33. The minimum absolute atomic E-state index is 0.0419. The molecule has 1 aliphatic carbocycles. The third kappa shape index (κ3) is 4.01. The number of hydrogen-bond donors (Lipinski definition) is 1. The Kier molecular flexibility index (Phi) is 4.97. The molecule has 1 amide bonds. The molecule has 9 nitrogen and oxygen atoms in total. The van der Waals surface area contributed by atoms with Crippen LogP contribution in [-0.2, 0) is 16.1 Å². The topological polar surface area (TPSA) is 108 Å². The zero-order valence-corrected chi connectivity index (χ0v) is 14.7. The third-order valence-corrected chi connectivity index (χ3v) is 5.86. The maximum atomic E-state index is 12.5. The van der Waals surface area contributed by atoms with E-state index in [0.717, 1.165) is 56.7 Å². The monoisotopic (exact) mass is 363 g/mol. The summed E-state index contributed by atoms with van der Waals surface area (Å²) in [6.45, 7) is 1.60. The van der Waals surface area contributed by atoms with Crippen molar-refractivity contribution in [1.82, 2.24) is 30.4 Å². The fourth-order valence-corrected chi connectivity index (χ4v) is 4.36. The van der Waals surface area contributed by atoms with Crippen LogP contribution in [0.1, 0.15) is 49.6 Å². The van der Waals surface area contributed by atoms with E-state index in [0.29, 0.717) is 11.0 Å². The van der Waals surface area contributed by atoms with Crippen molar-refractivity contribution in [3.8, 4) is 0 Å². The first-order valence-corrected chi connectivity index (χ1v) is 9.56. The standard InChI is InChI=1S/C15H21N7O2S/c23-13(17-15-19-18-14(25-15)12-2-1-7-24-12)11-5-3-10(4-6-11)8-22-9-16-20-21-22/h9-12H,1-8H2,(H,17,19,23). The summed E-state index contributed by atoms with van der Waals surface area (Å²) in [4.78, 5) is 12.5. The summed E-state index contributed by atoms with van der Waals surface area (Å²) in [5.41, 5.74) is 0. The van der Waals surface area contributed by atoms with Gasteiger partial charge >= 0.3 is 0 Å². The zero-order chi connectivity index (χ0) is 17.1. The number of ether oxygens (including phenoxy) is 1. The van der Waals surface area contributed by atoms with Crippen molar-refractivity contribution in [2.75, 3.05) is 11.9 Å². The number of tetrazole rings is 1. The fraction of sp³-hybridized carbons (Fsp3) is 0.733. The van der Waals surface area contributed by atoms with E-state index in [1.807, 2.05) is 0 Å². The molecule has 1 saturated heterocycles. The molecule has 2 aromatic heterocycles. The van der Waals surface area contributed by atoms with Crippen molar-refractivity contribution in [3.05, 3.63) is 11.3 Å². The second-order valence-corrected chi connectivity index (χ2v) is 7.69. The number of amides is 1. The van der Waals surface area contributed by atoms with E-state index in [4.69, 9.17) is 4.74 Å². The van der Waals surface area contributed by atoms with Crippen LogP contribution in [0.4, 0.5) is 5.13 Å². The Morgan fingerprint density at radius 1 is 1.28 bits per heavy atom. The first-order valence-electron chi connectivity index (χ1n) is 8.74. The SMILES string of the molecule is O=C(Nc1nnc(C2CCCO2)s1)C1CCC(Cn2cnnn2)CC1. The summed E-state index contributed by atoms with van der Waals surface area (Å²) < 4.78 is 7.37. The number of anilines is 1. The van der Waals surface area contributed by atoms with Gasteiger partial charge in [-0.05, 0) is 54.9 Å². The number of hydrogen-bond acceptors (Lipinski definition) is 8. The summed E-state index contributed by atoms with van der Waals surface area (Å²) in [5.74, 6) is 0.622. The molecule has 10 heteroatoms. The Labute approximate surface area is 149 Å². The molecule has 3 heterocycles. The lowest BCUT2D eigenvalue weighted by molar-refractivity contribution is -0.121. The second kappa shape index (κ2) is 7.52. The number of nitrogens with zero attached hydrogens (tertiary/aromatic N) is 6. The van der Waals surface area contributed by atoms with E-state index in [1.54, 1.807) is 11.0 Å². The van der Waals surface area contributed by atoms with Crippen molar-refractivity contribution in [2.24, 2.45) is 11.8 Å². The Bertz CT molecular complexity index is 691. The van der Waals surface area contributed by atoms with Crippen LogP contribution in [0, 0.1) is 11.8 Å². The van der Waals surface area contributed by atoms with Crippen LogP contribution in [0.15, 0.2) is 6.33 Å². The molecule has 1 aliphatic heterocycles. The molecule has 25 heavy (non-hydrogen) atoms.